The van der Waals surface area contributed by atoms with Crippen molar-refractivity contribution in [2.24, 2.45) is 0 Å². The van der Waals surface area contributed by atoms with Gasteiger partial charge in [-0.15, -0.1) is 11.3 Å². The van der Waals surface area contributed by atoms with E-state index in [0.29, 0.717) is 29.5 Å². The molecule has 1 aliphatic heterocycles. The quantitative estimate of drug-likeness (QED) is 0.433. The lowest BCUT2D eigenvalue weighted by atomic mass is 10.1. The van der Waals surface area contributed by atoms with Crippen LogP contribution < -0.4 is 10.6 Å². The topological polar surface area (TPSA) is 74.3 Å². The number of hydrogen-bond donors (Lipinski definition) is 2. The molecule has 32 heavy (non-hydrogen) atoms. The van der Waals surface area contributed by atoms with Crippen LogP contribution in [0.3, 0.4) is 0 Å². The number of nitrogens with one attached hydrogen (secondary N) is 2. The SMILES string of the molecule is O=C(Nc1nc(-c2ccccc2)cs1)c1ccc(NC(=O)N2Cc3ccccc3C2)cc1. The Labute approximate surface area is 189 Å². The monoisotopic (exact) mass is 440 g/mol. The molecule has 0 saturated heterocycles. The van der Waals surface area contributed by atoms with Crippen molar-refractivity contribution in [2.45, 2.75) is 13.1 Å². The zero-order chi connectivity index (χ0) is 21.9. The first-order valence-electron chi connectivity index (χ1n) is 10.2. The van der Waals surface area contributed by atoms with E-state index in [1.807, 2.05) is 60.0 Å². The van der Waals surface area contributed by atoms with Crippen LogP contribution in [0.5, 0.6) is 0 Å². The number of urea groups is 1. The average molecular weight is 441 g/mol. The van der Waals surface area contributed by atoms with E-state index in [2.05, 4.69) is 15.6 Å². The molecule has 0 spiro atoms. The third kappa shape index (κ3) is 4.24. The maximum atomic E-state index is 12.6. The summed E-state index contributed by atoms with van der Waals surface area (Å²) in [6.45, 7) is 1.20. The van der Waals surface area contributed by atoms with E-state index in [-0.39, 0.29) is 11.9 Å². The summed E-state index contributed by atoms with van der Waals surface area (Å²) in [5, 5.41) is 8.20. The zero-order valence-electron chi connectivity index (χ0n) is 17.1. The van der Waals surface area contributed by atoms with E-state index in [4.69, 9.17) is 0 Å². The van der Waals surface area contributed by atoms with Crippen LogP contribution >= 0.6 is 11.3 Å². The molecular formula is C25H20N4O2S. The van der Waals surface area contributed by atoms with Crippen LogP contribution in [-0.4, -0.2) is 21.8 Å². The molecule has 0 bridgehead atoms. The number of anilines is 2. The summed E-state index contributed by atoms with van der Waals surface area (Å²) in [5.74, 6) is -0.244. The Bertz CT molecular complexity index is 1240. The van der Waals surface area contributed by atoms with Crippen LogP contribution in [-0.2, 0) is 13.1 Å². The van der Waals surface area contributed by atoms with E-state index >= 15 is 0 Å². The summed E-state index contributed by atoms with van der Waals surface area (Å²) in [7, 11) is 0. The van der Waals surface area contributed by atoms with E-state index < -0.39 is 0 Å². The van der Waals surface area contributed by atoms with Crippen molar-refractivity contribution in [3.8, 4) is 11.3 Å². The number of thiazole rings is 1. The molecule has 0 atom stereocenters. The number of rotatable bonds is 4. The summed E-state index contributed by atoms with van der Waals surface area (Å²) >= 11 is 1.38. The lowest BCUT2D eigenvalue weighted by molar-refractivity contribution is 0.102. The highest BCUT2D eigenvalue weighted by Gasteiger charge is 2.22. The van der Waals surface area contributed by atoms with E-state index in [9.17, 15) is 9.59 Å². The van der Waals surface area contributed by atoms with Gasteiger partial charge in [0, 0.05) is 35.3 Å². The Morgan fingerprint density at radius 3 is 2.16 bits per heavy atom. The van der Waals surface area contributed by atoms with Crippen LogP contribution in [0.25, 0.3) is 11.3 Å². The summed E-state index contributed by atoms with van der Waals surface area (Å²) in [6.07, 6.45) is 0. The molecule has 0 fully saturated rings. The highest BCUT2D eigenvalue weighted by atomic mass is 32.1. The fourth-order valence-corrected chi connectivity index (χ4v) is 4.34. The minimum atomic E-state index is -0.244. The minimum Gasteiger partial charge on any atom is -0.316 e. The molecule has 158 valence electrons. The van der Waals surface area contributed by atoms with Crippen molar-refractivity contribution in [1.29, 1.82) is 0 Å². The first kappa shape index (κ1) is 20.0. The van der Waals surface area contributed by atoms with Crippen LogP contribution in [0.4, 0.5) is 15.6 Å². The Hall–Kier alpha value is -3.97. The van der Waals surface area contributed by atoms with Gasteiger partial charge >= 0.3 is 6.03 Å². The van der Waals surface area contributed by atoms with Crippen LogP contribution in [0.2, 0.25) is 0 Å². The highest BCUT2D eigenvalue weighted by Crippen LogP contribution is 2.25. The van der Waals surface area contributed by atoms with Crippen molar-refractivity contribution in [1.82, 2.24) is 9.88 Å². The smallest absolute Gasteiger partial charge is 0.316 e. The summed E-state index contributed by atoms with van der Waals surface area (Å²) < 4.78 is 0. The Morgan fingerprint density at radius 1 is 0.812 bits per heavy atom. The molecule has 4 aromatic rings. The molecule has 3 amide bonds. The molecule has 1 aliphatic rings. The Morgan fingerprint density at radius 2 is 1.47 bits per heavy atom. The predicted octanol–water partition coefficient (Wildman–Crippen LogP) is 5.61. The summed E-state index contributed by atoms with van der Waals surface area (Å²) in [5.41, 5.74) is 5.31. The van der Waals surface area contributed by atoms with Gasteiger partial charge in [0.05, 0.1) is 5.69 Å². The molecule has 0 radical (unpaired) electrons. The van der Waals surface area contributed by atoms with E-state index in [1.54, 1.807) is 29.2 Å². The standard InChI is InChI=1S/C25H20N4O2S/c30-23(28-24-27-22(16-32-24)17-6-2-1-3-7-17)18-10-12-21(13-11-18)26-25(31)29-14-19-8-4-5-9-20(19)15-29/h1-13,16H,14-15H2,(H,26,31)(H,27,28,30). The average Bonchev–Trinajstić information content (AvgIpc) is 3.47. The number of nitrogens with zero attached hydrogens (tertiary/aromatic N) is 2. The van der Waals surface area contributed by atoms with Gasteiger partial charge in [0.2, 0.25) is 0 Å². The Kier molecular flexibility index (Phi) is 5.39. The second kappa shape index (κ2) is 8.64. The number of carbonyl (C=O) groups excluding carboxylic acids is 2. The van der Waals surface area contributed by atoms with Gasteiger partial charge in [0.15, 0.2) is 5.13 Å². The summed E-state index contributed by atoms with van der Waals surface area (Å²) in [6, 6.07) is 24.6. The van der Waals surface area contributed by atoms with Gasteiger partial charge in [-0.25, -0.2) is 9.78 Å². The van der Waals surface area contributed by atoms with Crippen molar-refractivity contribution in [2.75, 3.05) is 10.6 Å². The second-order valence-electron chi connectivity index (χ2n) is 7.49. The molecule has 0 unspecified atom stereocenters. The van der Waals surface area contributed by atoms with Crippen LogP contribution in [0.1, 0.15) is 21.5 Å². The van der Waals surface area contributed by atoms with Crippen molar-refractivity contribution < 1.29 is 9.59 Å². The highest BCUT2D eigenvalue weighted by molar-refractivity contribution is 7.14. The second-order valence-corrected chi connectivity index (χ2v) is 8.35. The lowest BCUT2D eigenvalue weighted by Gasteiger charge is -2.16. The molecule has 5 rings (SSSR count). The molecular weight excluding hydrogens is 420 g/mol. The van der Waals surface area contributed by atoms with Gasteiger partial charge in [-0.05, 0) is 35.4 Å². The predicted molar refractivity (Wildman–Crippen MR) is 127 cm³/mol. The maximum Gasteiger partial charge on any atom is 0.322 e. The van der Waals surface area contributed by atoms with Gasteiger partial charge in [-0.2, -0.15) is 0 Å². The molecule has 3 aromatic carbocycles. The first-order chi connectivity index (χ1) is 15.7. The van der Waals surface area contributed by atoms with Crippen LogP contribution in [0.15, 0.2) is 84.2 Å². The number of fused-ring (bicyclic) bond motifs is 1. The molecule has 0 saturated carbocycles. The minimum absolute atomic E-state index is 0.158. The fraction of sp³-hybridized carbons (Fsp3) is 0.0800. The third-order valence-corrected chi connectivity index (χ3v) is 6.08. The largest absolute Gasteiger partial charge is 0.322 e. The van der Waals surface area contributed by atoms with E-state index in [0.717, 1.165) is 11.3 Å². The molecule has 0 aliphatic carbocycles. The van der Waals surface area contributed by atoms with Crippen molar-refractivity contribution in [3.63, 3.8) is 0 Å². The molecule has 6 nitrogen and oxygen atoms in total. The first-order valence-corrected chi connectivity index (χ1v) is 11.1. The number of hydrogen-bond acceptors (Lipinski definition) is 4. The number of amides is 3. The zero-order valence-corrected chi connectivity index (χ0v) is 17.9. The third-order valence-electron chi connectivity index (χ3n) is 5.32. The fourth-order valence-electron chi connectivity index (χ4n) is 3.63. The normalized spacial score (nSPS) is 12.3. The lowest BCUT2D eigenvalue weighted by Crippen LogP contribution is -2.30. The van der Waals surface area contributed by atoms with Crippen LogP contribution in [0, 0.1) is 0 Å². The van der Waals surface area contributed by atoms with Gasteiger partial charge in [0.1, 0.15) is 0 Å². The van der Waals surface area contributed by atoms with Gasteiger partial charge in [-0.3, -0.25) is 10.1 Å². The van der Waals surface area contributed by atoms with Crippen molar-refractivity contribution in [3.05, 3.63) is 101 Å². The van der Waals surface area contributed by atoms with Gasteiger partial charge < -0.3 is 10.2 Å². The maximum absolute atomic E-state index is 12.6. The summed E-state index contributed by atoms with van der Waals surface area (Å²) in [4.78, 5) is 31.4. The molecule has 7 heteroatoms. The number of carbonyl (C=O) groups is 2. The number of aromatic nitrogens is 1. The molecule has 2 N–H and O–H groups in total. The Balaban J connectivity index is 1.19. The molecule has 2 heterocycles. The van der Waals surface area contributed by atoms with E-state index in [1.165, 1.54) is 22.5 Å². The van der Waals surface area contributed by atoms with Gasteiger partial charge in [0.25, 0.3) is 5.91 Å². The number of benzene rings is 3. The van der Waals surface area contributed by atoms with Gasteiger partial charge in [-0.1, -0.05) is 54.6 Å². The van der Waals surface area contributed by atoms with Crippen molar-refractivity contribution >= 4 is 34.1 Å². The molecule has 1 aromatic heterocycles.